The van der Waals surface area contributed by atoms with Crippen LogP contribution in [0.5, 0.6) is 0 Å². The Labute approximate surface area is 134 Å². The van der Waals surface area contributed by atoms with Gasteiger partial charge in [-0.05, 0) is 43.2 Å². The van der Waals surface area contributed by atoms with Gasteiger partial charge in [0.2, 0.25) is 0 Å². The number of nitrogens with one attached hydrogen (secondary N) is 1. The van der Waals surface area contributed by atoms with Crippen molar-refractivity contribution < 1.29 is 0 Å². The summed E-state index contributed by atoms with van der Waals surface area (Å²) in [6.07, 6.45) is 5.35. The fraction of sp³-hybridized carbons (Fsp3) is 0.444. The van der Waals surface area contributed by atoms with Gasteiger partial charge < -0.3 is 10.2 Å². The maximum atomic E-state index is 3.80. The molecule has 1 saturated heterocycles. The van der Waals surface area contributed by atoms with Crippen molar-refractivity contribution in [3.8, 4) is 0 Å². The second-order valence-electron chi connectivity index (χ2n) is 6.34. The van der Waals surface area contributed by atoms with Crippen LogP contribution in [0.4, 0.5) is 5.69 Å². The molecule has 21 heavy (non-hydrogen) atoms. The third-order valence-corrected chi connectivity index (χ3v) is 5.35. The van der Waals surface area contributed by atoms with Crippen molar-refractivity contribution >= 4 is 32.4 Å². The van der Waals surface area contributed by atoms with Gasteiger partial charge in [-0.25, -0.2) is 0 Å². The molecular weight excluding hydrogens is 324 g/mol. The molecular formula is C18H21BrN2. The molecule has 1 atom stereocenters. The number of nitrogens with zero attached hydrogens (tertiary/aromatic N) is 1. The minimum absolute atomic E-state index is 0.661. The van der Waals surface area contributed by atoms with Crippen molar-refractivity contribution in [2.45, 2.75) is 37.8 Å². The number of anilines is 1. The van der Waals surface area contributed by atoms with Gasteiger partial charge in [-0.2, -0.15) is 0 Å². The van der Waals surface area contributed by atoms with Gasteiger partial charge in [0.25, 0.3) is 0 Å². The van der Waals surface area contributed by atoms with Crippen LogP contribution in [-0.2, 0) is 0 Å². The van der Waals surface area contributed by atoms with Crippen molar-refractivity contribution in [3.05, 3.63) is 40.9 Å². The van der Waals surface area contributed by atoms with E-state index >= 15 is 0 Å². The van der Waals surface area contributed by atoms with Crippen LogP contribution in [0.3, 0.4) is 0 Å². The molecule has 1 unspecified atom stereocenters. The van der Waals surface area contributed by atoms with Gasteiger partial charge in [-0.15, -0.1) is 0 Å². The summed E-state index contributed by atoms with van der Waals surface area (Å²) in [6, 6.07) is 14.6. The monoisotopic (exact) mass is 344 g/mol. The Balaban J connectivity index is 1.64. The molecule has 1 saturated carbocycles. The molecule has 0 aromatic heterocycles. The molecule has 0 bridgehead atoms. The molecule has 2 fully saturated rings. The van der Waals surface area contributed by atoms with Crippen LogP contribution >= 0.6 is 15.9 Å². The SMILES string of the molecule is Brc1ccc(N2CCCC(NC3CC3)C2)c2ccccc12. The molecule has 2 aromatic rings. The fourth-order valence-corrected chi connectivity index (χ4v) is 3.92. The molecule has 2 nitrogen and oxygen atoms in total. The van der Waals surface area contributed by atoms with Gasteiger partial charge in [0.05, 0.1) is 0 Å². The van der Waals surface area contributed by atoms with E-state index in [1.54, 1.807) is 0 Å². The van der Waals surface area contributed by atoms with Crippen LogP contribution in [-0.4, -0.2) is 25.2 Å². The molecule has 1 aliphatic heterocycles. The molecule has 3 heteroatoms. The number of piperidine rings is 1. The van der Waals surface area contributed by atoms with Crippen LogP contribution < -0.4 is 10.2 Å². The molecule has 0 amide bonds. The van der Waals surface area contributed by atoms with Gasteiger partial charge in [0.1, 0.15) is 0 Å². The third-order valence-electron chi connectivity index (χ3n) is 4.66. The minimum Gasteiger partial charge on any atom is -0.369 e. The molecule has 1 aliphatic carbocycles. The van der Waals surface area contributed by atoms with E-state index in [1.165, 1.54) is 53.2 Å². The molecule has 1 heterocycles. The molecule has 2 aliphatic rings. The highest BCUT2D eigenvalue weighted by molar-refractivity contribution is 9.10. The van der Waals surface area contributed by atoms with Gasteiger partial charge in [-0.3, -0.25) is 0 Å². The van der Waals surface area contributed by atoms with E-state index in [-0.39, 0.29) is 0 Å². The van der Waals surface area contributed by atoms with Gasteiger partial charge >= 0.3 is 0 Å². The van der Waals surface area contributed by atoms with Crippen LogP contribution in [0.15, 0.2) is 40.9 Å². The Hall–Kier alpha value is -1.06. The smallest absolute Gasteiger partial charge is 0.0447 e. The Morgan fingerprint density at radius 1 is 0.952 bits per heavy atom. The maximum Gasteiger partial charge on any atom is 0.0447 e. The topological polar surface area (TPSA) is 15.3 Å². The summed E-state index contributed by atoms with van der Waals surface area (Å²) >= 11 is 3.68. The maximum absolute atomic E-state index is 3.80. The van der Waals surface area contributed by atoms with Crippen LogP contribution in [0.2, 0.25) is 0 Å². The number of fused-ring (bicyclic) bond motifs is 1. The lowest BCUT2D eigenvalue weighted by atomic mass is 10.0. The summed E-state index contributed by atoms with van der Waals surface area (Å²) in [5, 5.41) is 6.47. The zero-order valence-electron chi connectivity index (χ0n) is 12.2. The highest BCUT2D eigenvalue weighted by Crippen LogP contribution is 2.34. The molecule has 0 spiro atoms. The van der Waals surface area contributed by atoms with Crippen molar-refractivity contribution in [2.24, 2.45) is 0 Å². The van der Waals surface area contributed by atoms with E-state index in [0.717, 1.165) is 12.6 Å². The van der Waals surface area contributed by atoms with E-state index < -0.39 is 0 Å². The Morgan fingerprint density at radius 3 is 2.57 bits per heavy atom. The normalized spacial score (nSPS) is 22.7. The average molecular weight is 345 g/mol. The van der Waals surface area contributed by atoms with E-state index in [9.17, 15) is 0 Å². The summed E-state index contributed by atoms with van der Waals surface area (Å²) in [6.45, 7) is 2.32. The molecule has 1 N–H and O–H groups in total. The van der Waals surface area contributed by atoms with E-state index in [2.05, 4.69) is 62.5 Å². The summed E-state index contributed by atoms with van der Waals surface area (Å²) < 4.78 is 1.19. The molecule has 0 radical (unpaired) electrons. The number of hydrogen-bond acceptors (Lipinski definition) is 2. The van der Waals surface area contributed by atoms with Gasteiger partial charge in [0.15, 0.2) is 0 Å². The number of hydrogen-bond donors (Lipinski definition) is 1. The standard InChI is InChI=1S/C18H21BrN2/c19-17-9-10-18(16-6-2-1-5-15(16)17)21-11-3-4-14(12-21)20-13-7-8-13/h1-2,5-6,9-10,13-14,20H,3-4,7-8,11-12H2. The first-order valence-corrected chi connectivity index (χ1v) is 8.79. The van der Waals surface area contributed by atoms with E-state index in [0.29, 0.717) is 6.04 Å². The van der Waals surface area contributed by atoms with Gasteiger partial charge in [-0.1, -0.05) is 40.2 Å². The largest absolute Gasteiger partial charge is 0.369 e. The first-order valence-electron chi connectivity index (χ1n) is 7.99. The average Bonchev–Trinajstić information content (AvgIpc) is 3.32. The predicted molar refractivity (Wildman–Crippen MR) is 93.0 cm³/mol. The van der Waals surface area contributed by atoms with Gasteiger partial charge in [0, 0.05) is 40.7 Å². The third kappa shape index (κ3) is 2.82. The van der Waals surface area contributed by atoms with E-state index in [1.807, 2.05) is 0 Å². The first-order chi connectivity index (χ1) is 10.3. The Kier molecular flexibility index (Phi) is 3.64. The Bertz CT molecular complexity index is 651. The molecule has 4 rings (SSSR count). The first kappa shape index (κ1) is 13.6. The highest BCUT2D eigenvalue weighted by Gasteiger charge is 2.28. The predicted octanol–water partition coefficient (Wildman–Crippen LogP) is 4.32. The number of benzene rings is 2. The van der Waals surface area contributed by atoms with Crippen molar-refractivity contribution in [1.82, 2.24) is 5.32 Å². The lowest BCUT2D eigenvalue weighted by Gasteiger charge is -2.35. The quantitative estimate of drug-likeness (QED) is 0.891. The minimum atomic E-state index is 0.661. The summed E-state index contributed by atoms with van der Waals surface area (Å²) in [5.41, 5.74) is 1.39. The summed E-state index contributed by atoms with van der Waals surface area (Å²) in [5.74, 6) is 0. The lowest BCUT2D eigenvalue weighted by molar-refractivity contribution is 0.421. The van der Waals surface area contributed by atoms with Crippen molar-refractivity contribution in [1.29, 1.82) is 0 Å². The number of halogens is 1. The fourth-order valence-electron chi connectivity index (χ4n) is 3.44. The molecule has 110 valence electrons. The highest BCUT2D eigenvalue weighted by atomic mass is 79.9. The zero-order chi connectivity index (χ0) is 14.2. The van der Waals surface area contributed by atoms with Crippen LogP contribution in [0, 0.1) is 0 Å². The second-order valence-corrected chi connectivity index (χ2v) is 7.19. The van der Waals surface area contributed by atoms with Crippen molar-refractivity contribution in [2.75, 3.05) is 18.0 Å². The molecule has 2 aromatic carbocycles. The van der Waals surface area contributed by atoms with E-state index in [4.69, 9.17) is 0 Å². The zero-order valence-corrected chi connectivity index (χ0v) is 13.8. The summed E-state index contributed by atoms with van der Waals surface area (Å²) in [4.78, 5) is 2.57. The lowest BCUT2D eigenvalue weighted by Crippen LogP contribution is -2.46. The number of rotatable bonds is 3. The van der Waals surface area contributed by atoms with Crippen LogP contribution in [0.25, 0.3) is 10.8 Å². The second kappa shape index (κ2) is 5.62. The summed E-state index contributed by atoms with van der Waals surface area (Å²) in [7, 11) is 0. The van der Waals surface area contributed by atoms with Crippen molar-refractivity contribution in [3.63, 3.8) is 0 Å². The Morgan fingerprint density at radius 2 is 1.76 bits per heavy atom. The van der Waals surface area contributed by atoms with Crippen LogP contribution in [0.1, 0.15) is 25.7 Å².